The Balaban J connectivity index is 2.14. The molecule has 0 amide bonds. The van der Waals surface area contributed by atoms with Crippen molar-refractivity contribution < 1.29 is 5.11 Å². The average Bonchev–Trinajstić information content (AvgIpc) is 2.16. The lowest BCUT2D eigenvalue weighted by atomic mass is 9.79. The molecule has 1 unspecified atom stereocenters. The van der Waals surface area contributed by atoms with Crippen LogP contribution in [0.1, 0.15) is 48.8 Å². The molecule has 1 atom stereocenters. The first-order valence-corrected chi connectivity index (χ1v) is 5.70. The third kappa shape index (κ3) is 2.29. The van der Waals surface area contributed by atoms with E-state index in [4.69, 9.17) is 0 Å². The molecule has 1 fully saturated rings. The van der Waals surface area contributed by atoms with Crippen LogP contribution < -0.4 is 0 Å². The maximum Gasteiger partial charge on any atom is 0.0824 e. The lowest BCUT2D eigenvalue weighted by Crippen LogP contribution is -2.09. The molecule has 15 heavy (non-hydrogen) atoms. The number of aliphatic hydroxyl groups excluding tert-OH is 1. The summed E-state index contributed by atoms with van der Waals surface area (Å²) in [6, 6.07) is 8.37. The Kier molecular flexibility index (Phi) is 3.22. The van der Waals surface area contributed by atoms with Crippen molar-refractivity contribution in [2.24, 2.45) is 0 Å². The van der Waals surface area contributed by atoms with Crippen molar-refractivity contribution >= 4 is 0 Å². The van der Waals surface area contributed by atoms with Crippen molar-refractivity contribution in [3.63, 3.8) is 0 Å². The van der Waals surface area contributed by atoms with E-state index in [9.17, 15) is 5.11 Å². The fourth-order valence-corrected chi connectivity index (χ4v) is 2.06. The van der Waals surface area contributed by atoms with Crippen molar-refractivity contribution in [3.8, 4) is 0 Å². The summed E-state index contributed by atoms with van der Waals surface area (Å²) in [5.74, 6) is 0.737. The molecule has 1 aliphatic carbocycles. The zero-order valence-electron chi connectivity index (χ0n) is 9.02. The van der Waals surface area contributed by atoms with E-state index in [1.807, 2.05) is 6.07 Å². The maximum atomic E-state index is 9.85. The average molecular weight is 202 g/mol. The normalized spacial score (nSPS) is 18.2. The zero-order chi connectivity index (χ0) is 10.7. The molecule has 1 aromatic carbocycles. The highest BCUT2D eigenvalue weighted by Gasteiger charge is 2.19. The van der Waals surface area contributed by atoms with E-state index in [0.29, 0.717) is 6.42 Å². The second kappa shape index (κ2) is 4.63. The molecule has 0 radical (unpaired) electrons. The van der Waals surface area contributed by atoms with Crippen LogP contribution in [0, 0.1) is 0 Å². The van der Waals surface area contributed by atoms with Crippen molar-refractivity contribution in [2.75, 3.05) is 0 Å². The van der Waals surface area contributed by atoms with Gasteiger partial charge in [0.15, 0.2) is 0 Å². The van der Waals surface area contributed by atoms with E-state index in [2.05, 4.69) is 24.8 Å². The van der Waals surface area contributed by atoms with Gasteiger partial charge in [-0.05, 0) is 36.3 Å². The highest BCUT2D eigenvalue weighted by Crippen LogP contribution is 2.37. The van der Waals surface area contributed by atoms with Crippen LogP contribution in [0.3, 0.4) is 0 Å². The molecule has 0 aliphatic heterocycles. The highest BCUT2D eigenvalue weighted by molar-refractivity contribution is 5.29. The van der Waals surface area contributed by atoms with Crippen LogP contribution >= 0.6 is 0 Å². The summed E-state index contributed by atoms with van der Waals surface area (Å²) in [5.41, 5.74) is 2.42. The Bertz CT molecular complexity index is 339. The quantitative estimate of drug-likeness (QED) is 0.740. The topological polar surface area (TPSA) is 20.2 Å². The van der Waals surface area contributed by atoms with Gasteiger partial charge in [0.25, 0.3) is 0 Å². The molecular formula is C14H18O. The Hall–Kier alpha value is -1.08. The lowest BCUT2D eigenvalue weighted by molar-refractivity contribution is 0.181. The number of hydrogen-bond acceptors (Lipinski definition) is 1. The largest absolute Gasteiger partial charge is 0.388 e. The summed E-state index contributed by atoms with van der Waals surface area (Å²) in [6.45, 7) is 3.65. The van der Waals surface area contributed by atoms with Crippen LogP contribution in [0.25, 0.3) is 0 Å². The molecule has 1 aromatic rings. The van der Waals surface area contributed by atoms with Gasteiger partial charge in [-0.15, -0.1) is 6.58 Å². The van der Waals surface area contributed by atoms with E-state index in [-0.39, 0.29) is 6.10 Å². The summed E-state index contributed by atoms with van der Waals surface area (Å²) in [6.07, 6.45) is 5.98. The van der Waals surface area contributed by atoms with Gasteiger partial charge in [-0.3, -0.25) is 0 Å². The van der Waals surface area contributed by atoms with Crippen molar-refractivity contribution in [2.45, 2.75) is 37.7 Å². The van der Waals surface area contributed by atoms with Gasteiger partial charge in [0.05, 0.1) is 6.10 Å². The van der Waals surface area contributed by atoms with Crippen LogP contribution in [0.15, 0.2) is 36.9 Å². The minimum absolute atomic E-state index is 0.387. The van der Waals surface area contributed by atoms with E-state index >= 15 is 0 Å². The van der Waals surface area contributed by atoms with Gasteiger partial charge >= 0.3 is 0 Å². The molecule has 2 rings (SSSR count). The molecule has 80 valence electrons. The van der Waals surface area contributed by atoms with Gasteiger partial charge < -0.3 is 5.11 Å². The number of hydrogen-bond donors (Lipinski definition) is 1. The fraction of sp³-hybridized carbons (Fsp3) is 0.429. The third-order valence-electron chi connectivity index (χ3n) is 3.26. The van der Waals surface area contributed by atoms with Crippen LogP contribution in [-0.4, -0.2) is 5.11 Å². The van der Waals surface area contributed by atoms with Crippen LogP contribution in [0.2, 0.25) is 0 Å². The summed E-state index contributed by atoms with van der Waals surface area (Å²) >= 11 is 0. The van der Waals surface area contributed by atoms with E-state index in [1.165, 1.54) is 24.8 Å². The number of rotatable bonds is 4. The van der Waals surface area contributed by atoms with Gasteiger partial charge in [0, 0.05) is 0 Å². The van der Waals surface area contributed by atoms with Crippen molar-refractivity contribution in [1.82, 2.24) is 0 Å². The Morgan fingerprint density at radius 2 is 2.27 bits per heavy atom. The van der Waals surface area contributed by atoms with E-state index < -0.39 is 0 Å². The predicted octanol–water partition coefficient (Wildman–Crippen LogP) is 3.56. The Morgan fingerprint density at radius 3 is 2.87 bits per heavy atom. The van der Waals surface area contributed by atoms with Gasteiger partial charge in [-0.1, -0.05) is 36.8 Å². The molecule has 1 N–H and O–H groups in total. The minimum atomic E-state index is -0.387. The summed E-state index contributed by atoms with van der Waals surface area (Å²) < 4.78 is 0. The standard InChI is InChI=1S/C14H18O/c1-2-5-14(15)13-9-4-8-12(10-13)11-6-3-7-11/h2,4,8-11,14-15H,1,3,5-7H2. The molecule has 1 saturated carbocycles. The minimum Gasteiger partial charge on any atom is -0.388 e. The van der Waals surface area contributed by atoms with Gasteiger partial charge in [-0.25, -0.2) is 0 Å². The predicted molar refractivity (Wildman–Crippen MR) is 62.8 cm³/mol. The molecule has 0 heterocycles. The summed E-state index contributed by atoms with van der Waals surface area (Å²) in [7, 11) is 0. The third-order valence-corrected chi connectivity index (χ3v) is 3.26. The van der Waals surface area contributed by atoms with Crippen LogP contribution in [0.5, 0.6) is 0 Å². The molecule has 1 nitrogen and oxygen atoms in total. The zero-order valence-corrected chi connectivity index (χ0v) is 9.02. The first-order chi connectivity index (χ1) is 7.31. The fourth-order valence-electron chi connectivity index (χ4n) is 2.06. The van der Waals surface area contributed by atoms with Gasteiger partial charge in [-0.2, -0.15) is 0 Å². The molecule has 1 heteroatoms. The SMILES string of the molecule is C=CCC(O)c1cccc(C2CCC2)c1. The van der Waals surface area contributed by atoms with E-state index in [0.717, 1.165) is 11.5 Å². The Morgan fingerprint density at radius 1 is 1.47 bits per heavy atom. The molecule has 1 aliphatic rings. The molecule has 0 aromatic heterocycles. The molecule has 0 saturated heterocycles. The first kappa shape index (κ1) is 10.4. The number of benzene rings is 1. The lowest BCUT2D eigenvalue weighted by Gasteiger charge is -2.26. The first-order valence-electron chi connectivity index (χ1n) is 5.70. The second-order valence-electron chi connectivity index (χ2n) is 4.34. The van der Waals surface area contributed by atoms with Crippen LogP contribution in [0.4, 0.5) is 0 Å². The Labute approximate surface area is 91.4 Å². The van der Waals surface area contributed by atoms with Gasteiger partial charge in [0.1, 0.15) is 0 Å². The highest BCUT2D eigenvalue weighted by atomic mass is 16.3. The summed E-state index contributed by atoms with van der Waals surface area (Å²) in [4.78, 5) is 0. The van der Waals surface area contributed by atoms with Gasteiger partial charge in [0.2, 0.25) is 0 Å². The van der Waals surface area contributed by atoms with Crippen LogP contribution in [-0.2, 0) is 0 Å². The van der Waals surface area contributed by atoms with Crippen molar-refractivity contribution in [3.05, 3.63) is 48.0 Å². The summed E-state index contributed by atoms with van der Waals surface area (Å²) in [5, 5.41) is 9.85. The molecular weight excluding hydrogens is 184 g/mol. The molecule has 0 bridgehead atoms. The monoisotopic (exact) mass is 202 g/mol. The maximum absolute atomic E-state index is 9.85. The smallest absolute Gasteiger partial charge is 0.0824 e. The number of aliphatic hydroxyl groups is 1. The molecule has 0 spiro atoms. The van der Waals surface area contributed by atoms with Crippen molar-refractivity contribution in [1.29, 1.82) is 0 Å². The van der Waals surface area contributed by atoms with E-state index in [1.54, 1.807) is 6.08 Å². The second-order valence-corrected chi connectivity index (χ2v) is 4.34.